The maximum Gasteiger partial charge on any atom is 0.0892 e. The molecule has 1 fully saturated rings. The summed E-state index contributed by atoms with van der Waals surface area (Å²) in [5, 5.41) is 4.44. The Kier molecular flexibility index (Phi) is 4.07. The van der Waals surface area contributed by atoms with E-state index >= 15 is 0 Å². The maximum atomic E-state index is 6.15. The van der Waals surface area contributed by atoms with Gasteiger partial charge in [0.25, 0.3) is 0 Å². The second kappa shape index (κ2) is 5.41. The third-order valence-corrected chi connectivity index (χ3v) is 4.10. The first-order chi connectivity index (χ1) is 8.58. The Labute approximate surface area is 110 Å². The Morgan fingerprint density at radius 2 is 2.39 bits per heavy atom. The predicted octanol–water partition coefficient (Wildman–Crippen LogP) is 2.02. The summed E-state index contributed by atoms with van der Waals surface area (Å²) in [7, 11) is 1.98. The fourth-order valence-corrected chi connectivity index (χ4v) is 2.83. The minimum Gasteiger partial charge on any atom is -0.367 e. The lowest BCUT2D eigenvalue weighted by Gasteiger charge is -2.28. The van der Waals surface area contributed by atoms with Crippen molar-refractivity contribution in [3.05, 3.63) is 17.5 Å². The molecule has 0 aliphatic heterocycles. The van der Waals surface area contributed by atoms with Crippen molar-refractivity contribution >= 4 is 0 Å². The molecule has 1 aliphatic carbocycles. The molecule has 1 aromatic heterocycles. The van der Waals surface area contributed by atoms with Crippen molar-refractivity contribution in [3.8, 4) is 0 Å². The summed E-state index contributed by atoms with van der Waals surface area (Å²) in [6.45, 7) is 5.64. The molecule has 1 heterocycles. The van der Waals surface area contributed by atoms with Crippen LogP contribution < -0.4 is 5.73 Å². The Hall–Kier alpha value is -0.870. The van der Waals surface area contributed by atoms with Crippen LogP contribution in [0.1, 0.15) is 44.5 Å². The van der Waals surface area contributed by atoms with Crippen LogP contribution in [0.3, 0.4) is 0 Å². The summed E-state index contributed by atoms with van der Waals surface area (Å²) in [6, 6.07) is 2.13. The molecule has 18 heavy (non-hydrogen) atoms. The molecule has 2 unspecified atom stereocenters. The molecule has 102 valence electrons. The summed E-state index contributed by atoms with van der Waals surface area (Å²) in [5.74, 6) is 0.728. The third kappa shape index (κ3) is 2.75. The van der Waals surface area contributed by atoms with Gasteiger partial charge in [-0.25, -0.2) is 0 Å². The molecular weight excluding hydrogens is 226 g/mol. The number of aryl methyl sites for hydroxylation is 2. The molecule has 0 aromatic carbocycles. The van der Waals surface area contributed by atoms with Crippen LogP contribution in [0.25, 0.3) is 0 Å². The van der Waals surface area contributed by atoms with Gasteiger partial charge in [0.2, 0.25) is 0 Å². The number of nitrogens with two attached hydrogens (primary N) is 1. The van der Waals surface area contributed by atoms with E-state index in [4.69, 9.17) is 10.5 Å². The van der Waals surface area contributed by atoms with Crippen LogP contribution >= 0.6 is 0 Å². The zero-order valence-corrected chi connectivity index (χ0v) is 11.8. The molecule has 0 bridgehead atoms. The van der Waals surface area contributed by atoms with Crippen molar-refractivity contribution < 1.29 is 4.74 Å². The normalized spacial score (nSPS) is 27.9. The molecule has 0 radical (unpaired) electrons. The van der Waals surface area contributed by atoms with Gasteiger partial charge in [-0.1, -0.05) is 13.8 Å². The maximum absolute atomic E-state index is 6.15. The van der Waals surface area contributed by atoms with Crippen molar-refractivity contribution in [2.75, 3.05) is 6.54 Å². The fourth-order valence-electron chi connectivity index (χ4n) is 2.83. The topological polar surface area (TPSA) is 53.1 Å². The molecule has 1 aromatic rings. The average molecular weight is 251 g/mol. The quantitative estimate of drug-likeness (QED) is 0.871. The van der Waals surface area contributed by atoms with E-state index in [1.807, 2.05) is 11.7 Å². The highest BCUT2D eigenvalue weighted by Gasteiger charge is 2.37. The first-order valence-corrected chi connectivity index (χ1v) is 6.94. The highest BCUT2D eigenvalue weighted by Crippen LogP contribution is 2.37. The van der Waals surface area contributed by atoms with E-state index in [2.05, 4.69) is 25.0 Å². The number of hydrogen-bond acceptors (Lipinski definition) is 3. The van der Waals surface area contributed by atoms with Crippen LogP contribution in [0.2, 0.25) is 0 Å². The molecule has 2 rings (SSSR count). The van der Waals surface area contributed by atoms with Crippen LogP contribution in [0.5, 0.6) is 0 Å². The summed E-state index contributed by atoms with van der Waals surface area (Å²) in [5.41, 5.74) is 8.08. The molecular formula is C14H25N3O. The van der Waals surface area contributed by atoms with Crippen LogP contribution in [-0.4, -0.2) is 21.9 Å². The summed E-state index contributed by atoms with van der Waals surface area (Å²) in [6.07, 6.45) is 4.36. The van der Waals surface area contributed by atoms with Crippen molar-refractivity contribution in [2.45, 2.75) is 51.7 Å². The zero-order chi connectivity index (χ0) is 13.2. The van der Waals surface area contributed by atoms with E-state index in [1.54, 1.807) is 0 Å². The third-order valence-electron chi connectivity index (χ3n) is 4.10. The SMILES string of the molecule is CCc1cc(COC2(CN)CCC(C)C2)n(C)n1. The lowest BCUT2D eigenvalue weighted by Crippen LogP contribution is -2.38. The minimum absolute atomic E-state index is 0.101. The molecule has 2 N–H and O–H groups in total. The number of nitrogens with zero attached hydrogens (tertiary/aromatic N) is 2. The van der Waals surface area contributed by atoms with Gasteiger partial charge in [0.05, 0.1) is 23.6 Å². The average Bonchev–Trinajstić information content (AvgIpc) is 2.91. The van der Waals surface area contributed by atoms with Crippen molar-refractivity contribution in [1.29, 1.82) is 0 Å². The van der Waals surface area contributed by atoms with Gasteiger partial charge in [-0.15, -0.1) is 0 Å². The van der Waals surface area contributed by atoms with E-state index in [0.29, 0.717) is 13.2 Å². The standard InChI is InChI=1S/C14H25N3O/c1-4-12-7-13(17(3)16-12)9-18-14(10-15)6-5-11(2)8-14/h7,11H,4-6,8-10,15H2,1-3H3. The second-order valence-electron chi connectivity index (χ2n) is 5.63. The van der Waals surface area contributed by atoms with Gasteiger partial charge < -0.3 is 10.5 Å². The second-order valence-corrected chi connectivity index (χ2v) is 5.63. The first kappa shape index (κ1) is 13.6. The van der Waals surface area contributed by atoms with E-state index in [9.17, 15) is 0 Å². The van der Waals surface area contributed by atoms with Gasteiger partial charge in [-0.2, -0.15) is 5.10 Å². The Balaban J connectivity index is 1.99. The van der Waals surface area contributed by atoms with E-state index in [1.165, 1.54) is 6.42 Å². The number of rotatable bonds is 5. The Morgan fingerprint density at radius 3 is 2.89 bits per heavy atom. The molecule has 4 nitrogen and oxygen atoms in total. The first-order valence-electron chi connectivity index (χ1n) is 6.94. The van der Waals surface area contributed by atoms with Gasteiger partial charge in [0, 0.05) is 13.6 Å². The molecule has 1 saturated carbocycles. The van der Waals surface area contributed by atoms with Gasteiger partial charge in [0.15, 0.2) is 0 Å². The molecule has 4 heteroatoms. The van der Waals surface area contributed by atoms with Gasteiger partial charge >= 0.3 is 0 Å². The van der Waals surface area contributed by atoms with E-state index in [0.717, 1.165) is 36.6 Å². The summed E-state index contributed by atoms with van der Waals surface area (Å²) in [4.78, 5) is 0. The molecule has 0 saturated heterocycles. The van der Waals surface area contributed by atoms with Crippen molar-refractivity contribution in [1.82, 2.24) is 9.78 Å². The summed E-state index contributed by atoms with van der Waals surface area (Å²) < 4.78 is 8.07. The lowest BCUT2D eigenvalue weighted by atomic mass is 10.0. The largest absolute Gasteiger partial charge is 0.367 e. The monoisotopic (exact) mass is 251 g/mol. The lowest BCUT2D eigenvalue weighted by molar-refractivity contribution is -0.0494. The van der Waals surface area contributed by atoms with Crippen LogP contribution in [-0.2, 0) is 24.8 Å². The van der Waals surface area contributed by atoms with Crippen LogP contribution in [0.15, 0.2) is 6.07 Å². The van der Waals surface area contributed by atoms with Crippen molar-refractivity contribution in [3.63, 3.8) is 0 Å². The molecule has 2 atom stereocenters. The van der Waals surface area contributed by atoms with Gasteiger partial charge in [-0.3, -0.25) is 4.68 Å². The predicted molar refractivity (Wildman–Crippen MR) is 72.2 cm³/mol. The van der Waals surface area contributed by atoms with Crippen molar-refractivity contribution in [2.24, 2.45) is 18.7 Å². The van der Waals surface area contributed by atoms with Crippen LogP contribution in [0, 0.1) is 5.92 Å². The number of hydrogen-bond donors (Lipinski definition) is 1. The molecule has 0 amide bonds. The fraction of sp³-hybridized carbons (Fsp3) is 0.786. The molecule has 1 aliphatic rings. The Bertz CT molecular complexity index is 402. The molecule has 0 spiro atoms. The number of ether oxygens (including phenoxy) is 1. The van der Waals surface area contributed by atoms with Gasteiger partial charge in [0.1, 0.15) is 0 Å². The van der Waals surface area contributed by atoms with Crippen LogP contribution in [0.4, 0.5) is 0 Å². The summed E-state index contributed by atoms with van der Waals surface area (Å²) >= 11 is 0. The number of aromatic nitrogens is 2. The smallest absolute Gasteiger partial charge is 0.0892 e. The van der Waals surface area contributed by atoms with E-state index in [-0.39, 0.29) is 5.60 Å². The van der Waals surface area contributed by atoms with E-state index < -0.39 is 0 Å². The highest BCUT2D eigenvalue weighted by molar-refractivity contribution is 5.09. The highest BCUT2D eigenvalue weighted by atomic mass is 16.5. The minimum atomic E-state index is -0.101. The zero-order valence-electron chi connectivity index (χ0n) is 11.8. The Morgan fingerprint density at radius 1 is 1.61 bits per heavy atom. The van der Waals surface area contributed by atoms with Gasteiger partial charge in [-0.05, 0) is 37.7 Å².